The number of anilines is 1. The zero-order valence-corrected chi connectivity index (χ0v) is 16.4. The van der Waals surface area contributed by atoms with Gasteiger partial charge in [-0.3, -0.25) is 4.79 Å². The average Bonchev–Trinajstić information content (AvgIpc) is 2.71. The molecule has 6 heteroatoms. The van der Waals surface area contributed by atoms with Crippen LogP contribution in [0.15, 0.2) is 60.7 Å². The molecule has 146 valence electrons. The van der Waals surface area contributed by atoms with Crippen LogP contribution in [0.25, 0.3) is 0 Å². The number of hydrogen-bond acceptors (Lipinski definition) is 5. The topological polar surface area (TPSA) is 58.6 Å². The van der Waals surface area contributed by atoms with Gasteiger partial charge < -0.3 is 14.5 Å². The Labute approximate surface area is 169 Å². The van der Waals surface area contributed by atoms with Gasteiger partial charge in [-0.05, 0) is 31.2 Å². The lowest BCUT2D eigenvalue weighted by atomic mass is 9.86. The van der Waals surface area contributed by atoms with Crippen LogP contribution >= 0.6 is 0 Å². The SMILES string of the molecule is Cc1ccc(N2CC(N(C)C(=O)C3c4ccccc4Oc4ccccc43)C2)nn1. The fraction of sp³-hybridized carbons (Fsp3) is 0.261. The fourth-order valence-electron chi connectivity index (χ4n) is 4.01. The molecule has 0 saturated carbocycles. The molecule has 1 fully saturated rings. The van der Waals surface area contributed by atoms with Crippen molar-refractivity contribution in [3.63, 3.8) is 0 Å². The largest absolute Gasteiger partial charge is 0.457 e. The summed E-state index contributed by atoms with van der Waals surface area (Å²) in [5.74, 6) is 2.10. The number of carbonyl (C=O) groups is 1. The van der Waals surface area contributed by atoms with E-state index in [1.54, 1.807) is 0 Å². The van der Waals surface area contributed by atoms with Crippen LogP contribution in [0.2, 0.25) is 0 Å². The minimum atomic E-state index is -0.352. The van der Waals surface area contributed by atoms with Crippen molar-refractivity contribution >= 4 is 11.7 Å². The molecule has 3 heterocycles. The number of fused-ring (bicyclic) bond motifs is 2. The van der Waals surface area contributed by atoms with Crippen LogP contribution in [0.5, 0.6) is 11.5 Å². The molecule has 0 atom stereocenters. The standard InChI is InChI=1S/C23H22N4O2/c1-15-11-12-21(25-24-15)27-13-16(14-27)26(2)23(28)22-17-7-3-5-9-19(17)29-20-10-6-4-8-18(20)22/h3-12,16,22H,13-14H2,1-2H3. The molecular weight excluding hydrogens is 364 g/mol. The molecule has 2 aromatic carbocycles. The first-order valence-electron chi connectivity index (χ1n) is 9.79. The van der Waals surface area contributed by atoms with Gasteiger partial charge in [0.15, 0.2) is 5.82 Å². The minimum Gasteiger partial charge on any atom is -0.457 e. The molecule has 6 nitrogen and oxygen atoms in total. The van der Waals surface area contributed by atoms with E-state index in [1.807, 2.05) is 79.5 Å². The monoisotopic (exact) mass is 386 g/mol. The highest BCUT2D eigenvalue weighted by Gasteiger charge is 2.39. The van der Waals surface area contributed by atoms with E-state index in [0.717, 1.165) is 47.2 Å². The number of carbonyl (C=O) groups excluding carboxylic acids is 1. The predicted molar refractivity (Wildman–Crippen MR) is 110 cm³/mol. The Morgan fingerprint density at radius 3 is 2.17 bits per heavy atom. The molecule has 1 aromatic heterocycles. The van der Waals surface area contributed by atoms with Gasteiger partial charge in [-0.15, -0.1) is 5.10 Å². The van der Waals surface area contributed by atoms with Crippen molar-refractivity contribution in [3.05, 3.63) is 77.5 Å². The second-order valence-electron chi connectivity index (χ2n) is 7.65. The fourth-order valence-corrected chi connectivity index (χ4v) is 4.01. The van der Waals surface area contributed by atoms with Crippen LogP contribution in [-0.4, -0.2) is 47.2 Å². The second kappa shape index (κ2) is 6.88. The number of amides is 1. The Balaban J connectivity index is 1.38. The van der Waals surface area contributed by atoms with E-state index in [1.165, 1.54) is 0 Å². The summed E-state index contributed by atoms with van der Waals surface area (Å²) in [5.41, 5.74) is 2.74. The first-order chi connectivity index (χ1) is 14.1. The van der Waals surface area contributed by atoms with Crippen LogP contribution in [0.1, 0.15) is 22.7 Å². The van der Waals surface area contributed by atoms with E-state index in [4.69, 9.17) is 4.74 Å². The van der Waals surface area contributed by atoms with Gasteiger partial charge >= 0.3 is 0 Å². The van der Waals surface area contributed by atoms with E-state index in [-0.39, 0.29) is 17.9 Å². The van der Waals surface area contributed by atoms with Gasteiger partial charge in [-0.25, -0.2) is 0 Å². The lowest BCUT2D eigenvalue weighted by molar-refractivity contribution is -0.133. The molecule has 0 radical (unpaired) electrons. The van der Waals surface area contributed by atoms with E-state index in [0.29, 0.717) is 0 Å². The van der Waals surface area contributed by atoms with Crippen molar-refractivity contribution in [1.29, 1.82) is 0 Å². The predicted octanol–water partition coefficient (Wildman–Crippen LogP) is 3.37. The summed E-state index contributed by atoms with van der Waals surface area (Å²) in [6.45, 7) is 3.44. The van der Waals surface area contributed by atoms with Gasteiger partial charge in [0, 0.05) is 31.3 Å². The zero-order valence-electron chi connectivity index (χ0n) is 16.4. The quantitative estimate of drug-likeness (QED) is 0.691. The van der Waals surface area contributed by atoms with Crippen LogP contribution in [0.3, 0.4) is 0 Å². The highest BCUT2D eigenvalue weighted by Crippen LogP contribution is 2.44. The van der Waals surface area contributed by atoms with Crippen molar-refractivity contribution in [2.75, 3.05) is 25.0 Å². The Kier molecular flexibility index (Phi) is 4.19. The third-order valence-electron chi connectivity index (χ3n) is 5.79. The van der Waals surface area contributed by atoms with Crippen molar-refractivity contribution in [2.45, 2.75) is 18.9 Å². The smallest absolute Gasteiger partial charge is 0.234 e. The second-order valence-corrected chi connectivity index (χ2v) is 7.65. The van der Waals surface area contributed by atoms with E-state index in [9.17, 15) is 4.79 Å². The van der Waals surface area contributed by atoms with Gasteiger partial charge in [0.1, 0.15) is 11.5 Å². The summed E-state index contributed by atoms with van der Waals surface area (Å²) in [4.78, 5) is 17.6. The van der Waals surface area contributed by atoms with E-state index >= 15 is 0 Å². The number of rotatable bonds is 3. The number of aryl methyl sites for hydroxylation is 1. The van der Waals surface area contributed by atoms with Gasteiger partial charge in [-0.2, -0.15) is 5.10 Å². The van der Waals surface area contributed by atoms with Crippen LogP contribution in [0.4, 0.5) is 5.82 Å². The van der Waals surface area contributed by atoms with Gasteiger partial charge in [0.05, 0.1) is 17.7 Å². The number of hydrogen-bond donors (Lipinski definition) is 0. The van der Waals surface area contributed by atoms with Gasteiger partial charge in [0.25, 0.3) is 0 Å². The molecule has 1 saturated heterocycles. The van der Waals surface area contributed by atoms with Gasteiger partial charge in [-0.1, -0.05) is 36.4 Å². The van der Waals surface area contributed by atoms with Crippen LogP contribution < -0.4 is 9.64 Å². The molecular formula is C23H22N4O2. The summed E-state index contributed by atoms with van der Waals surface area (Å²) < 4.78 is 6.03. The summed E-state index contributed by atoms with van der Waals surface area (Å²) in [5, 5.41) is 8.37. The third kappa shape index (κ3) is 3.01. The van der Waals surface area contributed by atoms with Crippen molar-refractivity contribution < 1.29 is 9.53 Å². The highest BCUT2D eigenvalue weighted by molar-refractivity contribution is 5.90. The Hall–Kier alpha value is -3.41. The molecule has 3 aromatic rings. The first-order valence-corrected chi connectivity index (χ1v) is 9.79. The highest BCUT2D eigenvalue weighted by atomic mass is 16.5. The van der Waals surface area contributed by atoms with Crippen LogP contribution in [0, 0.1) is 6.92 Å². The molecule has 2 aliphatic heterocycles. The average molecular weight is 386 g/mol. The number of nitrogens with zero attached hydrogens (tertiary/aromatic N) is 4. The number of aromatic nitrogens is 2. The normalized spacial score (nSPS) is 15.7. The van der Waals surface area contributed by atoms with E-state index in [2.05, 4.69) is 15.1 Å². The molecule has 0 spiro atoms. The van der Waals surface area contributed by atoms with E-state index < -0.39 is 0 Å². The molecule has 0 unspecified atom stereocenters. The number of para-hydroxylation sites is 2. The summed E-state index contributed by atoms with van der Waals surface area (Å²) in [7, 11) is 1.89. The number of ether oxygens (including phenoxy) is 1. The van der Waals surface area contributed by atoms with Gasteiger partial charge in [0.2, 0.25) is 5.91 Å². The third-order valence-corrected chi connectivity index (χ3v) is 5.79. The maximum absolute atomic E-state index is 13.6. The number of likely N-dealkylation sites (N-methyl/N-ethyl adjacent to an activating group) is 1. The van der Waals surface area contributed by atoms with Crippen LogP contribution in [-0.2, 0) is 4.79 Å². The Bertz CT molecular complexity index is 1010. The Morgan fingerprint density at radius 1 is 0.966 bits per heavy atom. The molecule has 0 bridgehead atoms. The summed E-state index contributed by atoms with van der Waals surface area (Å²) in [6.07, 6.45) is 0. The first kappa shape index (κ1) is 17.7. The molecule has 2 aliphatic rings. The van der Waals surface area contributed by atoms with Crippen molar-refractivity contribution in [3.8, 4) is 11.5 Å². The Morgan fingerprint density at radius 2 is 1.59 bits per heavy atom. The summed E-state index contributed by atoms with van der Waals surface area (Å²) >= 11 is 0. The molecule has 5 rings (SSSR count). The molecule has 1 amide bonds. The lowest BCUT2D eigenvalue weighted by Crippen LogP contribution is -2.60. The van der Waals surface area contributed by atoms with Crippen molar-refractivity contribution in [1.82, 2.24) is 15.1 Å². The minimum absolute atomic E-state index is 0.0906. The molecule has 0 N–H and O–H groups in total. The summed E-state index contributed by atoms with van der Waals surface area (Å²) in [6, 6.07) is 19.7. The zero-order chi connectivity index (χ0) is 20.0. The number of benzene rings is 2. The molecule has 0 aliphatic carbocycles. The maximum Gasteiger partial charge on any atom is 0.234 e. The lowest BCUT2D eigenvalue weighted by Gasteiger charge is -2.45. The van der Waals surface area contributed by atoms with Crippen molar-refractivity contribution in [2.24, 2.45) is 0 Å². The molecule has 29 heavy (non-hydrogen) atoms. The maximum atomic E-state index is 13.6.